The van der Waals surface area contributed by atoms with Crippen LogP contribution in [0.25, 0.3) is 0 Å². The van der Waals surface area contributed by atoms with Crippen LogP contribution in [0.15, 0.2) is 0 Å². The highest BCUT2D eigenvalue weighted by molar-refractivity contribution is 4.82. The lowest BCUT2D eigenvalue weighted by atomic mass is 10.3. The van der Waals surface area contributed by atoms with Crippen molar-refractivity contribution in [3.05, 3.63) is 5.82 Å². The van der Waals surface area contributed by atoms with E-state index in [1.165, 1.54) is 4.80 Å². The molecule has 0 aliphatic rings. The number of rotatable bonds is 4. The van der Waals surface area contributed by atoms with Crippen molar-refractivity contribution in [3.63, 3.8) is 0 Å². The van der Waals surface area contributed by atoms with Crippen molar-refractivity contribution in [2.24, 2.45) is 0 Å². The van der Waals surface area contributed by atoms with Gasteiger partial charge in [0, 0.05) is 0 Å². The highest BCUT2D eigenvalue weighted by Gasteiger charge is 2.10. The highest BCUT2D eigenvalue weighted by atomic mass is 16.3. The second kappa shape index (κ2) is 4.15. The summed E-state index contributed by atoms with van der Waals surface area (Å²) in [5, 5.41) is 20.9. The molecule has 0 bridgehead atoms. The quantitative estimate of drug-likeness (QED) is 0.715. The second-order valence-electron chi connectivity index (χ2n) is 2.67. The predicted octanol–water partition coefficient (Wildman–Crippen LogP) is 0.526. The van der Waals surface area contributed by atoms with Crippen LogP contribution in [-0.4, -0.2) is 25.3 Å². The lowest BCUT2D eigenvalue weighted by Gasteiger charge is -1.98. The number of tetrazole rings is 1. The maximum atomic E-state index is 9.33. The first-order valence-corrected chi connectivity index (χ1v) is 4.23. The summed E-state index contributed by atoms with van der Waals surface area (Å²) < 4.78 is 0. The van der Waals surface area contributed by atoms with Gasteiger partial charge in [0.05, 0.1) is 6.54 Å². The number of aliphatic hydroxyl groups excluding tert-OH is 1. The van der Waals surface area contributed by atoms with Crippen molar-refractivity contribution in [1.82, 2.24) is 20.2 Å². The third-order valence-corrected chi connectivity index (χ3v) is 1.58. The van der Waals surface area contributed by atoms with Crippen molar-refractivity contribution in [3.8, 4) is 0 Å². The predicted molar refractivity (Wildman–Crippen MR) is 43.4 cm³/mol. The van der Waals surface area contributed by atoms with Crippen LogP contribution in [0, 0.1) is 0 Å². The molecule has 1 aromatic rings. The molecule has 0 spiro atoms. The molecule has 12 heavy (non-hydrogen) atoms. The zero-order valence-electron chi connectivity index (χ0n) is 7.43. The largest absolute Gasteiger partial charge is 0.385 e. The first-order valence-electron chi connectivity index (χ1n) is 4.23. The molecule has 0 aliphatic carbocycles. The van der Waals surface area contributed by atoms with E-state index in [2.05, 4.69) is 15.4 Å². The lowest BCUT2D eigenvalue weighted by Crippen LogP contribution is -2.03. The smallest absolute Gasteiger partial charge is 0.203 e. The van der Waals surface area contributed by atoms with Gasteiger partial charge in [-0.05, 0) is 18.1 Å². The molecule has 0 saturated heterocycles. The van der Waals surface area contributed by atoms with Gasteiger partial charge in [-0.1, -0.05) is 13.8 Å². The number of aliphatic hydroxyl groups is 1. The van der Waals surface area contributed by atoms with Crippen molar-refractivity contribution in [2.45, 2.75) is 39.3 Å². The first-order chi connectivity index (χ1) is 5.77. The van der Waals surface area contributed by atoms with Gasteiger partial charge >= 0.3 is 0 Å². The number of aromatic nitrogens is 4. The van der Waals surface area contributed by atoms with E-state index >= 15 is 0 Å². The van der Waals surface area contributed by atoms with E-state index in [4.69, 9.17) is 0 Å². The Hall–Kier alpha value is -0.970. The van der Waals surface area contributed by atoms with Gasteiger partial charge in [-0.2, -0.15) is 4.80 Å². The SMILES string of the molecule is CCCn1nnc(C(O)CC)n1. The third kappa shape index (κ3) is 2.01. The molecule has 68 valence electrons. The Bertz CT molecular complexity index is 235. The van der Waals surface area contributed by atoms with Crippen LogP contribution in [-0.2, 0) is 6.54 Å². The Balaban J connectivity index is 2.63. The Labute approximate surface area is 71.4 Å². The highest BCUT2D eigenvalue weighted by Crippen LogP contribution is 2.08. The summed E-state index contributed by atoms with van der Waals surface area (Å²) >= 11 is 0. The fraction of sp³-hybridized carbons (Fsp3) is 0.857. The Kier molecular flexibility index (Phi) is 3.16. The van der Waals surface area contributed by atoms with Gasteiger partial charge in [-0.15, -0.1) is 10.2 Å². The molecule has 0 aromatic carbocycles. The summed E-state index contributed by atoms with van der Waals surface area (Å²) in [6.45, 7) is 4.67. The van der Waals surface area contributed by atoms with Gasteiger partial charge in [-0.25, -0.2) is 0 Å². The molecule has 0 saturated carbocycles. The topological polar surface area (TPSA) is 63.8 Å². The van der Waals surface area contributed by atoms with Crippen LogP contribution in [0.3, 0.4) is 0 Å². The van der Waals surface area contributed by atoms with Crippen molar-refractivity contribution in [1.29, 1.82) is 0 Å². The van der Waals surface area contributed by atoms with E-state index in [1.54, 1.807) is 0 Å². The summed E-state index contributed by atoms with van der Waals surface area (Å²) in [6, 6.07) is 0. The minimum Gasteiger partial charge on any atom is -0.385 e. The minimum absolute atomic E-state index is 0.422. The number of hydrogen-bond donors (Lipinski definition) is 1. The van der Waals surface area contributed by atoms with Gasteiger partial charge in [0.15, 0.2) is 0 Å². The molecule has 0 amide bonds. The van der Waals surface area contributed by atoms with Crippen molar-refractivity contribution < 1.29 is 5.11 Å². The third-order valence-electron chi connectivity index (χ3n) is 1.58. The van der Waals surface area contributed by atoms with E-state index in [0.717, 1.165) is 13.0 Å². The molecule has 1 heterocycles. The molecule has 1 atom stereocenters. The lowest BCUT2D eigenvalue weighted by molar-refractivity contribution is 0.163. The summed E-state index contributed by atoms with van der Waals surface area (Å²) in [6.07, 6.45) is 1.02. The molecule has 1 unspecified atom stereocenters. The van der Waals surface area contributed by atoms with E-state index < -0.39 is 6.10 Å². The van der Waals surface area contributed by atoms with Crippen LogP contribution in [0.2, 0.25) is 0 Å². The number of nitrogens with zero attached hydrogens (tertiary/aromatic N) is 4. The fourth-order valence-corrected chi connectivity index (χ4v) is 0.866. The van der Waals surface area contributed by atoms with Crippen molar-refractivity contribution >= 4 is 0 Å². The summed E-state index contributed by atoms with van der Waals surface area (Å²) in [5.41, 5.74) is 0. The fourth-order valence-electron chi connectivity index (χ4n) is 0.866. The van der Waals surface area contributed by atoms with Gasteiger partial charge in [0.25, 0.3) is 0 Å². The van der Waals surface area contributed by atoms with Gasteiger partial charge in [0.2, 0.25) is 5.82 Å². The van der Waals surface area contributed by atoms with Crippen LogP contribution < -0.4 is 0 Å². The average molecular weight is 170 g/mol. The maximum absolute atomic E-state index is 9.33. The summed E-state index contributed by atoms with van der Waals surface area (Å²) in [5.74, 6) is 0.422. The van der Waals surface area contributed by atoms with Crippen LogP contribution in [0.1, 0.15) is 38.6 Å². The van der Waals surface area contributed by atoms with Crippen LogP contribution >= 0.6 is 0 Å². The van der Waals surface area contributed by atoms with E-state index in [-0.39, 0.29) is 0 Å². The Morgan fingerprint density at radius 1 is 1.50 bits per heavy atom. The Morgan fingerprint density at radius 2 is 2.25 bits per heavy atom. The molecule has 0 radical (unpaired) electrons. The summed E-state index contributed by atoms with van der Waals surface area (Å²) in [7, 11) is 0. The number of aryl methyl sites for hydroxylation is 1. The molecular weight excluding hydrogens is 156 g/mol. The molecule has 0 aliphatic heterocycles. The van der Waals surface area contributed by atoms with Gasteiger partial charge in [0.1, 0.15) is 6.10 Å². The Morgan fingerprint density at radius 3 is 2.83 bits per heavy atom. The standard InChI is InChI=1S/C7H14N4O/c1-3-5-11-9-7(8-10-11)6(12)4-2/h6,12H,3-5H2,1-2H3. The first kappa shape index (κ1) is 9.12. The molecule has 0 fully saturated rings. The number of hydrogen-bond acceptors (Lipinski definition) is 4. The molecule has 1 N–H and O–H groups in total. The molecule has 1 aromatic heterocycles. The molecule has 5 nitrogen and oxygen atoms in total. The second-order valence-corrected chi connectivity index (χ2v) is 2.67. The molecule has 5 heteroatoms. The van der Waals surface area contributed by atoms with Crippen LogP contribution in [0.5, 0.6) is 0 Å². The zero-order chi connectivity index (χ0) is 8.97. The molecule has 1 rings (SSSR count). The summed E-state index contributed by atoms with van der Waals surface area (Å²) in [4.78, 5) is 1.51. The van der Waals surface area contributed by atoms with Crippen LogP contribution in [0.4, 0.5) is 0 Å². The normalized spacial score (nSPS) is 13.2. The van der Waals surface area contributed by atoms with Crippen molar-refractivity contribution in [2.75, 3.05) is 0 Å². The van der Waals surface area contributed by atoms with E-state index in [0.29, 0.717) is 12.2 Å². The monoisotopic (exact) mass is 170 g/mol. The van der Waals surface area contributed by atoms with Gasteiger partial charge < -0.3 is 5.11 Å². The van der Waals surface area contributed by atoms with Gasteiger partial charge in [-0.3, -0.25) is 0 Å². The zero-order valence-corrected chi connectivity index (χ0v) is 7.43. The average Bonchev–Trinajstić information content (AvgIpc) is 2.52. The minimum atomic E-state index is -0.574. The maximum Gasteiger partial charge on any atom is 0.203 e. The van der Waals surface area contributed by atoms with E-state index in [1.807, 2.05) is 13.8 Å². The van der Waals surface area contributed by atoms with E-state index in [9.17, 15) is 5.11 Å². The molecular formula is C7H14N4O.